The Morgan fingerprint density at radius 1 is 1.24 bits per heavy atom. The summed E-state index contributed by atoms with van der Waals surface area (Å²) in [5, 5.41) is 16.0. The number of nitrogens with zero attached hydrogens (tertiary/aromatic N) is 1. The number of carbonyl (C=O) groups excluding carboxylic acids is 1. The van der Waals surface area contributed by atoms with Gasteiger partial charge < -0.3 is 5.32 Å². The molecule has 2 aromatic rings. The number of hydrogen-bond acceptors (Lipinski definition) is 4. The van der Waals surface area contributed by atoms with Gasteiger partial charge in [0, 0.05) is 18.2 Å². The molecule has 0 spiro atoms. The van der Waals surface area contributed by atoms with Crippen molar-refractivity contribution in [1.29, 1.82) is 0 Å². The van der Waals surface area contributed by atoms with E-state index >= 15 is 0 Å². The highest BCUT2D eigenvalue weighted by molar-refractivity contribution is 7.80. The number of nitrogens with one attached hydrogen (secondary N) is 2. The lowest BCUT2D eigenvalue weighted by Crippen LogP contribution is -2.32. The molecular formula is C17H14ClN3O3S. The number of hydrogen-bond donors (Lipinski definition) is 2. The van der Waals surface area contributed by atoms with Gasteiger partial charge in [0.05, 0.1) is 15.6 Å². The number of halogens is 1. The number of non-ortho nitro benzene ring substituents is 1. The van der Waals surface area contributed by atoms with Crippen LogP contribution in [-0.2, 0) is 4.79 Å². The molecule has 0 aromatic heterocycles. The molecule has 2 N–H and O–H groups in total. The van der Waals surface area contributed by atoms with Gasteiger partial charge in [0.2, 0.25) is 5.91 Å². The van der Waals surface area contributed by atoms with E-state index in [4.69, 9.17) is 23.8 Å². The number of thiocarbonyl (C=S) groups is 1. The van der Waals surface area contributed by atoms with E-state index in [0.29, 0.717) is 5.69 Å². The van der Waals surface area contributed by atoms with Crippen molar-refractivity contribution in [3.05, 3.63) is 74.8 Å². The van der Waals surface area contributed by atoms with Crippen LogP contribution in [0.5, 0.6) is 0 Å². The fraction of sp³-hybridized carbons (Fsp3) is 0.0588. The molecule has 0 aliphatic heterocycles. The zero-order chi connectivity index (χ0) is 18.4. The zero-order valence-electron chi connectivity index (χ0n) is 13.2. The average molecular weight is 376 g/mol. The van der Waals surface area contributed by atoms with Crippen LogP contribution in [0.4, 0.5) is 11.4 Å². The number of nitro groups is 1. The van der Waals surface area contributed by atoms with Crippen molar-refractivity contribution in [2.45, 2.75) is 6.92 Å². The predicted molar refractivity (Wildman–Crippen MR) is 103 cm³/mol. The number of anilines is 1. The van der Waals surface area contributed by atoms with Gasteiger partial charge in [-0.25, -0.2) is 0 Å². The molecule has 0 atom stereocenters. The van der Waals surface area contributed by atoms with Crippen LogP contribution in [0, 0.1) is 17.0 Å². The molecule has 6 nitrogen and oxygen atoms in total. The molecule has 0 fully saturated rings. The molecule has 0 saturated heterocycles. The van der Waals surface area contributed by atoms with Crippen molar-refractivity contribution in [1.82, 2.24) is 5.32 Å². The number of benzene rings is 2. The Morgan fingerprint density at radius 3 is 2.52 bits per heavy atom. The minimum Gasteiger partial charge on any atom is -0.331 e. The molecule has 0 heterocycles. The summed E-state index contributed by atoms with van der Waals surface area (Å²) in [7, 11) is 0. The summed E-state index contributed by atoms with van der Waals surface area (Å²) in [5.41, 5.74) is 2.25. The molecule has 0 unspecified atom stereocenters. The molecule has 2 rings (SSSR count). The lowest BCUT2D eigenvalue weighted by molar-refractivity contribution is -0.384. The van der Waals surface area contributed by atoms with Crippen LogP contribution in [0.15, 0.2) is 48.5 Å². The smallest absolute Gasteiger partial charge is 0.271 e. The fourth-order valence-electron chi connectivity index (χ4n) is 1.88. The summed E-state index contributed by atoms with van der Waals surface area (Å²) >= 11 is 11.0. The Morgan fingerprint density at radius 2 is 1.92 bits per heavy atom. The van der Waals surface area contributed by atoms with Crippen LogP contribution in [0.25, 0.3) is 6.08 Å². The first-order valence-corrected chi connectivity index (χ1v) is 7.94. The summed E-state index contributed by atoms with van der Waals surface area (Å²) in [5.74, 6) is -0.406. The fourth-order valence-corrected chi connectivity index (χ4v) is 2.31. The van der Waals surface area contributed by atoms with Gasteiger partial charge in [0.1, 0.15) is 0 Å². The van der Waals surface area contributed by atoms with Gasteiger partial charge in [-0.15, -0.1) is 0 Å². The van der Waals surface area contributed by atoms with Crippen LogP contribution in [0.2, 0.25) is 5.02 Å². The molecule has 0 bridgehead atoms. The molecule has 25 heavy (non-hydrogen) atoms. The first kappa shape index (κ1) is 18.6. The second-order valence-corrected chi connectivity index (χ2v) is 5.92. The summed E-state index contributed by atoms with van der Waals surface area (Å²) in [6, 6.07) is 11.6. The molecule has 0 saturated carbocycles. The Balaban J connectivity index is 1.94. The minimum absolute atomic E-state index is 0.0364. The first-order valence-electron chi connectivity index (χ1n) is 7.16. The quantitative estimate of drug-likeness (QED) is 0.364. The predicted octanol–water partition coefficient (Wildman–Crippen LogP) is 4.08. The van der Waals surface area contributed by atoms with Gasteiger partial charge in [0.15, 0.2) is 5.11 Å². The van der Waals surface area contributed by atoms with E-state index in [0.717, 1.165) is 11.1 Å². The molecule has 1 amide bonds. The minimum atomic E-state index is -0.550. The normalized spacial score (nSPS) is 10.5. The second-order valence-electron chi connectivity index (χ2n) is 5.11. The maximum Gasteiger partial charge on any atom is 0.271 e. The molecule has 128 valence electrons. The molecule has 0 aliphatic carbocycles. The summed E-state index contributed by atoms with van der Waals surface area (Å²) < 4.78 is 0. The summed E-state index contributed by atoms with van der Waals surface area (Å²) in [6.45, 7) is 1.98. The van der Waals surface area contributed by atoms with Gasteiger partial charge in [-0.2, -0.15) is 0 Å². The largest absolute Gasteiger partial charge is 0.331 e. The van der Waals surface area contributed by atoms with Crippen LogP contribution in [0.1, 0.15) is 11.1 Å². The van der Waals surface area contributed by atoms with Crippen molar-refractivity contribution in [2.24, 2.45) is 0 Å². The zero-order valence-corrected chi connectivity index (χ0v) is 14.7. The first-order chi connectivity index (χ1) is 11.8. The third-order valence-electron chi connectivity index (χ3n) is 3.15. The number of rotatable bonds is 4. The maximum atomic E-state index is 11.9. The Hall–Kier alpha value is -2.77. The maximum absolute atomic E-state index is 11.9. The van der Waals surface area contributed by atoms with Crippen molar-refractivity contribution in [2.75, 3.05) is 5.32 Å². The van der Waals surface area contributed by atoms with Gasteiger partial charge in [-0.1, -0.05) is 41.4 Å². The van der Waals surface area contributed by atoms with Crippen molar-refractivity contribution >= 4 is 52.3 Å². The lowest BCUT2D eigenvalue weighted by atomic mass is 10.1. The van der Waals surface area contributed by atoms with Gasteiger partial charge in [0.25, 0.3) is 5.69 Å². The van der Waals surface area contributed by atoms with Crippen LogP contribution in [0.3, 0.4) is 0 Å². The highest BCUT2D eigenvalue weighted by Gasteiger charge is 2.10. The average Bonchev–Trinajstić information content (AvgIpc) is 2.56. The molecule has 0 radical (unpaired) electrons. The highest BCUT2D eigenvalue weighted by atomic mass is 35.5. The van der Waals surface area contributed by atoms with Gasteiger partial charge in [-0.05, 0) is 36.8 Å². The van der Waals surface area contributed by atoms with E-state index < -0.39 is 10.8 Å². The SMILES string of the molecule is Cc1ccc(C=CC(=O)NC(=S)Nc2ccc([N+](=O)[O-])cc2Cl)cc1. The Bertz CT molecular complexity index is 851. The third-order valence-corrected chi connectivity index (χ3v) is 3.67. The van der Waals surface area contributed by atoms with Crippen LogP contribution < -0.4 is 10.6 Å². The van der Waals surface area contributed by atoms with Gasteiger partial charge >= 0.3 is 0 Å². The number of carbonyl (C=O) groups is 1. The van der Waals surface area contributed by atoms with E-state index in [9.17, 15) is 14.9 Å². The Kier molecular flexibility index (Phi) is 6.21. The van der Waals surface area contributed by atoms with E-state index in [2.05, 4.69) is 10.6 Å². The number of aryl methyl sites for hydroxylation is 1. The highest BCUT2D eigenvalue weighted by Crippen LogP contribution is 2.26. The lowest BCUT2D eigenvalue weighted by Gasteiger charge is -2.09. The summed E-state index contributed by atoms with van der Waals surface area (Å²) in [6.07, 6.45) is 3.02. The van der Waals surface area contributed by atoms with Crippen molar-refractivity contribution < 1.29 is 9.72 Å². The van der Waals surface area contributed by atoms with E-state index in [1.807, 2.05) is 31.2 Å². The van der Waals surface area contributed by atoms with Crippen LogP contribution in [-0.4, -0.2) is 15.9 Å². The summed E-state index contributed by atoms with van der Waals surface area (Å²) in [4.78, 5) is 22.0. The van der Waals surface area contributed by atoms with E-state index in [1.165, 1.54) is 24.3 Å². The topological polar surface area (TPSA) is 84.3 Å². The number of amides is 1. The van der Waals surface area contributed by atoms with Crippen LogP contribution >= 0.6 is 23.8 Å². The second kappa shape index (κ2) is 8.36. The number of nitro benzene ring substituents is 1. The Labute approximate surface area is 154 Å². The van der Waals surface area contributed by atoms with Crippen molar-refractivity contribution in [3.63, 3.8) is 0 Å². The molecule has 0 aliphatic rings. The molecule has 2 aromatic carbocycles. The van der Waals surface area contributed by atoms with Gasteiger partial charge in [-0.3, -0.25) is 20.2 Å². The van der Waals surface area contributed by atoms with E-state index in [1.54, 1.807) is 6.08 Å². The monoisotopic (exact) mass is 375 g/mol. The molecular weight excluding hydrogens is 362 g/mol. The third kappa shape index (κ3) is 5.66. The standard InChI is InChI=1S/C17H14ClN3O3S/c1-11-2-4-12(5-3-11)6-9-16(22)20-17(25)19-15-8-7-13(21(23)24)10-14(15)18/h2-10H,1H3,(H2,19,20,22,25). The molecule has 8 heteroatoms. The van der Waals surface area contributed by atoms with Crippen molar-refractivity contribution in [3.8, 4) is 0 Å². The van der Waals surface area contributed by atoms with E-state index in [-0.39, 0.29) is 15.8 Å².